The first-order chi connectivity index (χ1) is 14.3. The summed E-state index contributed by atoms with van der Waals surface area (Å²) in [6, 6.07) is 8.89. The van der Waals surface area contributed by atoms with Gasteiger partial charge in [0.1, 0.15) is 6.04 Å². The quantitative estimate of drug-likeness (QED) is 0.648. The van der Waals surface area contributed by atoms with Crippen LogP contribution in [0.2, 0.25) is 0 Å². The van der Waals surface area contributed by atoms with E-state index in [2.05, 4.69) is 5.32 Å². The van der Waals surface area contributed by atoms with Gasteiger partial charge in [-0.2, -0.15) is 0 Å². The normalized spacial score (nSPS) is 24.2. The molecule has 0 bridgehead atoms. The molecule has 6 nitrogen and oxygen atoms in total. The number of amides is 2. The maximum absolute atomic E-state index is 13.1. The average Bonchev–Trinajstić information content (AvgIpc) is 3.13. The van der Waals surface area contributed by atoms with E-state index in [1.165, 1.54) is 0 Å². The summed E-state index contributed by atoms with van der Waals surface area (Å²) in [6.45, 7) is 3.95. The highest BCUT2D eigenvalue weighted by molar-refractivity contribution is 7.91. The summed E-state index contributed by atoms with van der Waals surface area (Å²) in [6.07, 6.45) is 5.00. The van der Waals surface area contributed by atoms with E-state index in [0.29, 0.717) is 19.3 Å². The molecule has 0 saturated carbocycles. The predicted octanol–water partition coefficient (Wildman–Crippen LogP) is 2.72. The number of rotatable bonds is 9. The van der Waals surface area contributed by atoms with Crippen molar-refractivity contribution < 1.29 is 18.0 Å². The Morgan fingerprint density at radius 1 is 1.10 bits per heavy atom. The minimum absolute atomic E-state index is 0.00921. The van der Waals surface area contributed by atoms with Crippen molar-refractivity contribution in [2.75, 3.05) is 11.5 Å². The Morgan fingerprint density at radius 3 is 2.43 bits per heavy atom. The lowest BCUT2D eigenvalue weighted by molar-refractivity contribution is -0.142. The summed E-state index contributed by atoms with van der Waals surface area (Å²) in [4.78, 5) is 27.4. The second-order valence-corrected chi connectivity index (χ2v) is 10.9. The Balaban J connectivity index is 1.61. The van der Waals surface area contributed by atoms with Crippen molar-refractivity contribution in [2.45, 2.75) is 76.9 Å². The minimum atomic E-state index is -3.28. The van der Waals surface area contributed by atoms with Crippen LogP contribution in [0, 0.1) is 5.92 Å². The van der Waals surface area contributed by atoms with Crippen LogP contribution in [0.25, 0.3) is 0 Å². The topological polar surface area (TPSA) is 83.6 Å². The number of nitrogens with zero attached hydrogens (tertiary/aromatic N) is 1. The van der Waals surface area contributed by atoms with Gasteiger partial charge >= 0.3 is 0 Å². The highest BCUT2D eigenvalue weighted by atomic mass is 32.2. The van der Waals surface area contributed by atoms with Gasteiger partial charge in [0.05, 0.1) is 11.5 Å². The summed E-state index contributed by atoms with van der Waals surface area (Å²) >= 11 is 0. The van der Waals surface area contributed by atoms with Crippen molar-refractivity contribution in [1.82, 2.24) is 10.2 Å². The van der Waals surface area contributed by atoms with Crippen molar-refractivity contribution in [3.05, 3.63) is 35.9 Å². The van der Waals surface area contributed by atoms with Gasteiger partial charge in [0.2, 0.25) is 11.8 Å². The molecule has 0 unspecified atom stereocenters. The van der Waals surface area contributed by atoms with Gasteiger partial charge in [-0.05, 0) is 50.5 Å². The number of sulfone groups is 1. The van der Waals surface area contributed by atoms with E-state index in [-0.39, 0.29) is 41.3 Å². The first-order valence-electron chi connectivity index (χ1n) is 11.2. The molecule has 2 fully saturated rings. The van der Waals surface area contributed by atoms with Crippen LogP contribution in [0.3, 0.4) is 0 Å². The predicted molar refractivity (Wildman–Crippen MR) is 118 cm³/mol. The molecule has 0 aromatic heterocycles. The lowest BCUT2D eigenvalue weighted by Gasteiger charge is -2.38. The summed E-state index contributed by atoms with van der Waals surface area (Å²) in [7, 11) is -3.28. The molecule has 2 heterocycles. The van der Waals surface area contributed by atoms with E-state index in [1.807, 2.05) is 44.2 Å². The van der Waals surface area contributed by atoms with Crippen LogP contribution < -0.4 is 5.32 Å². The van der Waals surface area contributed by atoms with Crippen molar-refractivity contribution >= 4 is 21.7 Å². The van der Waals surface area contributed by atoms with Crippen molar-refractivity contribution in [2.24, 2.45) is 5.92 Å². The monoisotopic (exact) mass is 434 g/mol. The van der Waals surface area contributed by atoms with E-state index in [1.54, 1.807) is 4.90 Å². The largest absolute Gasteiger partial charge is 0.344 e. The number of hydrogen-bond acceptors (Lipinski definition) is 4. The Labute approximate surface area is 180 Å². The zero-order chi connectivity index (χ0) is 21.7. The summed E-state index contributed by atoms with van der Waals surface area (Å²) < 4.78 is 25.5. The van der Waals surface area contributed by atoms with Crippen LogP contribution in [0.15, 0.2) is 30.3 Å². The van der Waals surface area contributed by atoms with Crippen molar-refractivity contribution in [1.29, 1.82) is 0 Å². The number of carbonyl (C=O) groups is 2. The van der Waals surface area contributed by atoms with Gasteiger partial charge in [-0.15, -0.1) is 0 Å². The number of nitrogens with one attached hydrogen (secondary N) is 1. The van der Waals surface area contributed by atoms with Gasteiger partial charge in [-0.25, -0.2) is 8.42 Å². The van der Waals surface area contributed by atoms with Gasteiger partial charge in [0.25, 0.3) is 0 Å². The van der Waals surface area contributed by atoms with E-state index in [9.17, 15) is 18.0 Å². The van der Waals surface area contributed by atoms with Gasteiger partial charge in [0, 0.05) is 18.0 Å². The molecular formula is C23H34N2O4S. The van der Waals surface area contributed by atoms with E-state index < -0.39 is 15.9 Å². The maximum Gasteiger partial charge on any atom is 0.245 e. The molecule has 1 N–H and O–H groups in total. The number of piperidine rings is 1. The molecule has 30 heavy (non-hydrogen) atoms. The molecule has 2 saturated heterocycles. The smallest absolute Gasteiger partial charge is 0.245 e. The Morgan fingerprint density at radius 2 is 1.77 bits per heavy atom. The number of hydrogen-bond donors (Lipinski definition) is 1. The molecule has 3 rings (SSSR count). The number of aryl methyl sites for hydroxylation is 1. The third-order valence-electron chi connectivity index (χ3n) is 6.62. The van der Waals surface area contributed by atoms with Crippen LogP contribution >= 0.6 is 0 Å². The highest BCUT2D eigenvalue weighted by Crippen LogP contribution is 2.33. The summed E-state index contributed by atoms with van der Waals surface area (Å²) in [5, 5.41) is 2.93. The Hall–Kier alpha value is -1.89. The maximum atomic E-state index is 13.1. The minimum Gasteiger partial charge on any atom is -0.344 e. The van der Waals surface area contributed by atoms with Crippen LogP contribution in [-0.2, 0) is 25.8 Å². The second-order valence-electron chi connectivity index (χ2n) is 8.63. The molecule has 166 valence electrons. The second kappa shape index (κ2) is 9.94. The molecule has 2 aliphatic rings. The fourth-order valence-corrected chi connectivity index (χ4v) is 6.43. The molecule has 3 atom stereocenters. The van der Waals surface area contributed by atoms with Crippen LogP contribution in [0.4, 0.5) is 0 Å². The fourth-order valence-electron chi connectivity index (χ4n) is 4.81. The first-order valence-corrected chi connectivity index (χ1v) is 13.0. The van der Waals surface area contributed by atoms with Gasteiger partial charge in [0.15, 0.2) is 9.84 Å². The molecule has 0 aliphatic carbocycles. The summed E-state index contributed by atoms with van der Waals surface area (Å²) in [5.74, 6) is -0.151. The van der Waals surface area contributed by atoms with Gasteiger partial charge < -0.3 is 10.2 Å². The third-order valence-corrected chi connectivity index (χ3v) is 8.34. The van der Waals surface area contributed by atoms with E-state index >= 15 is 0 Å². The lowest BCUT2D eigenvalue weighted by atomic mass is 9.96. The Kier molecular flexibility index (Phi) is 7.55. The van der Waals surface area contributed by atoms with Crippen LogP contribution in [0.1, 0.15) is 57.9 Å². The van der Waals surface area contributed by atoms with Crippen LogP contribution in [0.5, 0.6) is 0 Å². The molecule has 2 aliphatic heterocycles. The summed E-state index contributed by atoms with van der Waals surface area (Å²) in [5.41, 5.74) is 1.00. The third kappa shape index (κ3) is 5.42. The van der Waals surface area contributed by atoms with Crippen LogP contribution in [-0.4, -0.2) is 54.8 Å². The molecule has 7 heteroatoms. The van der Waals surface area contributed by atoms with E-state index in [0.717, 1.165) is 31.2 Å². The molecule has 2 amide bonds. The molecule has 1 aromatic carbocycles. The molecule has 0 spiro atoms. The van der Waals surface area contributed by atoms with E-state index in [4.69, 9.17) is 0 Å². The fraction of sp³-hybridized carbons (Fsp3) is 0.652. The SMILES string of the molecule is CCC(CC)C(=O)N[C@H]1CC[C@H]2CC[C@@H](CS(=O)(=O)CCc3ccccc3)N2C1=O. The van der Waals surface area contributed by atoms with Crippen molar-refractivity contribution in [3.63, 3.8) is 0 Å². The highest BCUT2D eigenvalue weighted by Gasteiger charge is 2.45. The number of fused-ring (bicyclic) bond motifs is 1. The Bertz CT molecular complexity index is 836. The number of benzene rings is 1. The zero-order valence-corrected chi connectivity index (χ0v) is 18.9. The van der Waals surface area contributed by atoms with Gasteiger partial charge in [-0.1, -0.05) is 44.2 Å². The molecular weight excluding hydrogens is 400 g/mol. The average molecular weight is 435 g/mol. The lowest BCUT2D eigenvalue weighted by Crippen LogP contribution is -2.57. The zero-order valence-electron chi connectivity index (χ0n) is 18.0. The first kappa shape index (κ1) is 22.8. The molecule has 1 aromatic rings. The molecule has 0 radical (unpaired) electrons. The standard InChI is InChI=1S/C23H34N2O4S/c1-3-18(4-2)22(26)24-21-13-12-19-10-11-20(25(19)23(21)27)16-30(28,29)15-14-17-8-6-5-7-9-17/h5-9,18-21H,3-4,10-16H2,1-2H3,(H,24,26)/t19-,20+,21+/m1/s1. The van der Waals surface area contributed by atoms with Crippen molar-refractivity contribution in [3.8, 4) is 0 Å². The number of carbonyl (C=O) groups excluding carboxylic acids is 2. The van der Waals surface area contributed by atoms with Gasteiger partial charge in [-0.3, -0.25) is 9.59 Å².